The van der Waals surface area contributed by atoms with Gasteiger partial charge in [-0.3, -0.25) is 0 Å². The molecule has 1 nitrogen and oxygen atoms in total. The molecule has 106 valence electrons. The monoisotopic (exact) mass is 297 g/mol. The second-order valence-corrected chi connectivity index (χ2v) is 6.89. The zero-order valence-electron chi connectivity index (χ0n) is 11.5. The largest absolute Gasteiger partial charge is 0.323 e. The molecule has 1 aliphatic rings. The highest BCUT2D eigenvalue weighted by atomic mass is 32.1. The summed E-state index contributed by atoms with van der Waals surface area (Å²) in [5.74, 6) is 0.895. The molecule has 3 atom stereocenters. The van der Waals surface area contributed by atoms with Gasteiger partial charge in [-0.1, -0.05) is 36.4 Å². The molecule has 0 bridgehead atoms. The molecule has 0 aliphatic heterocycles. The zero-order valence-corrected chi connectivity index (χ0v) is 12.3. The molecule has 3 heteroatoms. The lowest BCUT2D eigenvalue weighted by Crippen LogP contribution is -2.11. The number of rotatable bonds is 3. The maximum absolute atomic E-state index is 13.3. The van der Waals surface area contributed by atoms with Gasteiger partial charge in [-0.15, -0.1) is 11.3 Å². The van der Waals surface area contributed by atoms with Crippen molar-refractivity contribution >= 4 is 21.4 Å². The van der Waals surface area contributed by atoms with E-state index < -0.39 is 0 Å². The van der Waals surface area contributed by atoms with Crippen LogP contribution in [0.25, 0.3) is 10.1 Å². The van der Waals surface area contributed by atoms with Gasteiger partial charge in [0.1, 0.15) is 5.82 Å². The molecule has 4 rings (SSSR count). The van der Waals surface area contributed by atoms with Crippen LogP contribution < -0.4 is 5.73 Å². The van der Waals surface area contributed by atoms with Gasteiger partial charge >= 0.3 is 0 Å². The van der Waals surface area contributed by atoms with Crippen LogP contribution in [0.3, 0.4) is 0 Å². The van der Waals surface area contributed by atoms with Crippen molar-refractivity contribution in [3.05, 3.63) is 70.9 Å². The maximum Gasteiger partial charge on any atom is 0.124 e. The van der Waals surface area contributed by atoms with Crippen molar-refractivity contribution in [2.45, 2.75) is 18.4 Å². The second kappa shape index (κ2) is 4.93. The van der Waals surface area contributed by atoms with Crippen LogP contribution >= 0.6 is 11.3 Å². The summed E-state index contributed by atoms with van der Waals surface area (Å²) in [5, 5.41) is 1.09. The van der Waals surface area contributed by atoms with Gasteiger partial charge in [-0.05, 0) is 47.4 Å². The van der Waals surface area contributed by atoms with Crippen LogP contribution in [-0.2, 0) is 0 Å². The highest BCUT2D eigenvalue weighted by molar-refractivity contribution is 7.19. The van der Waals surface area contributed by atoms with Crippen molar-refractivity contribution in [1.82, 2.24) is 0 Å². The fourth-order valence-electron chi connectivity index (χ4n) is 3.10. The highest BCUT2D eigenvalue weighted by Gasteiger charge is 2.43. The summed E-state index contributed by atoms with van der Waals surface area (Å²) in [6.45, 7) is 0. The maximum atomic E-state index is 13.3. The molecule has 1 fully saturated rings. The molecular formula is C18H16FNS. The van der Waals surface area contributed by atoms with Gasteiger partial charge < -0.3 is 5.73 Å². The van der Waals surface area contributed by atoms with Gasteiger partial charge in [0.2, 0.25) is 0 Å². The van der Waals surface area contributed by atoms with Crippen LogP contribution in [0.2, 0.25) is 0 Å². The van der Waals surface area contributed by atoms with Gasteiger partial charge in [0.15, 0.2) is 0 Å². The molecular weight excluding hydrogens is 281 g/mol. The van der Waals surface area contributed by atoms with E-state index in [0.29, 0.717) is 11.8 Å². The number of nitrogens with two attached hydrogens (primary N) is 1. The number of hydrogen-bond donors (Lipinski definition) is 1. The van der Waals surface area contributed by atoms with Crippen LogP contribution in [0, 0.1) is 11.7 Å². The number of hydrogen-bond acceptors (Lipinski definition) is 2. The Kier molecular flexibility index (Phi) is 3.05. The summed E-state index contributed by atoms with van der Waals surface area (Å²) < 4.78 is 14.3. The number of benzene rings is 2. The molecule has 1 aromatic heterocycles. The molecule has 3 unspecified atom stereocenters. The quantitative estimate of drug-likeness (QED) is 0.735. The lowest BCUT2D eigenvalue weighted by Gasteiger charge is -2.08. The third-order valence-corrected chi connectivity index (χ3v) is 5.56. The van der Waals surface area contributed by atoms with Crippen LogP contribution in [0.15, 0.2) is 54.6 Å². The Morgan fingerprint density at radius 2 is 1.90 bits per heavy atom. The lowest BCUT2D eigenvalue weighted by atomic mass is 10.0. The van der Waals surface area contributed by atoms with Gasteiger partial charge in [-0.25, -0.2) is 4.39 Å². The van der Waals surface area contributed by atoms with Gasteiger partial charge in [-0.2, -0.15) is 0 Å². The lowest BCUT2D eigenvalue weighted by molar-refractivity contribution is 0.626. The first-order valence-electron chi connectivity index (χ1n) is 7.22. The predicted molar refractivity (Wildman–Crippen MR) is 86.0 cm³/mol. The van der Waals surface area contributed by atoms with Crippen LogP contribution in [0.1, 0.15) is 28.8 Å². The third-order valence-electron chi connectivity index (χ3n) is 4.36. The minimum absolute atomic E-state index is 0.0515. The molecule has 1 heterocycles. The number of halogens is 1. The minimum atomic E-state index is -0.182. The predicted octanol–water partition coefficient (Wildman–Crippen LogP) is 4.84. The Morgan fingerprint density at radius 3 is 2.71 bits per heavy atom. The first kappa shape index (κ1) is 13.0. The van der Waals surface area contributed by atoms with Crippen molar-refractivity contribution in [3.8, 4) is 0 Å². The van der Waals surface area contributed by atoms with E-state index in [0.717, 1.165) is 16.5 Å². The summed E-state index contributed by atoms with van der Waals surface area (Å²) in [6, 6.07) is 17.7. The molecule has 1 saturated carbocycles. The van der Waals surface area contributed by atoms with E-state index in [1.54, 1.807) is 17.4 Å². The van der Waals surface area contributed by atoms with Gasteiger partial charge in [0.05, 0.1) is 0 Å². The molecule has 1 aliphatic carbocycles. The summed E-state index contributed by atoms with van der Waals surface area (Å²) in [6.07, 6.45) is 1.15. The summed E-state index contributed by atoms with van der Waals surface area (Å²) in [7, 11) is 0. The smallest absolute Gasteiger partial charge is 0.124 e. The Morgan fingerprint density at radius 1 is 1.10 bits per heavy atom. The van der Waals surface area contributed by atoms with Crippen molar-refractivity contribution in [2.24, 2.45) is 11.7 Å². The van der Waals surface area contributed by atoms with E-state index in [1.165, 1.54) is 16.5 Å². The molecule has 2 aromatic carbocycles. The topological polar surface area (TPSA) is 26.0 Å². The highest BCUT2D eigenvalue weighted by Crippen LogP contribution is 2.54. The fraction of sp³-hybridized carbons (Fsp3) is 0.222. The average molecular weight is 297 g/mol. The Balaban J connectivity index is 1.58. The van der Waals surface area contributed by atoms with E-state index >= 15 is 0 Å². The van der Waals surface area contributed by atoms with E-state index in [4.69, 9.17) is 5.73 Å². The van der Waals surface area contributed by atoms with Crippen molar-refractivity contribution < 1.29 is 4.39 Å². The van der Waals surface area contributed by atoms with E-state index in [1.807, 2.05) is 12.1 Å². The zero-order chi connectivity index (χ0) is 14.4. The average Bonchev–Trinajstić information content (AvgIpc) is 3.20. The molecule has 3 aromatic rings. The van der Waals surface area contributed by atoms with Gasteiger partial charge in [0, 0.05) is 15.6 Å². The van der Waals surface area contributed by atoms with E-state index in [-0.39, 0.29) is 11.9 Å². The first-order valence-corrected chi connectivity index (χ1v) is 8.03. The molecule has 0 saturated heterocycles. The second-order valence-electron chi connectivity index (χ2n) is 5.77. The molecule has 21 heavy (non-hydrogen) atoms. The number of thiophene rings is 1. The molecule has 0 spiro atoms. The third kappa shape index (κ3) is 2.37. The Hall–Kier alpha value is -1.71. The molecule has 0 radical (unpaired) electrons. The summed E-state index contributed by atoms with van der Waals surface area (Å²) in [4.78, 5) is 1.17. The van der Waals surface area contributed by atoms with E-state index in [2.05, 4.69) is 30.3 Å². The first-order chi connectivity index (χ1) is 10.2. The standard InChI is InChI=1S/C18H16FNS/c19-13-7-6-12-8-17(21-16(12)9-13)18(20)15-10-14(15)11-4-2-1-3-5-11/h1-9,14-15,18H,10,20H2. The summed E-state index contributed by atoms with van der Waals surface area (Å²) >= 11 is 1.62. The number of fused-ring (bicyclic) bond motifs is 1. The molecule has 0 amide bonds. The van der Waals surface area contributed by atoms with Crippen LogP contribution in [-0.4, -0.2) is 0 Å². The van der Waals surface area contributed by atoms with Gasteiger partial charge in [0.25, 0.3) is 0 Å². The van der Waals surface area contributed by atoms with Crippen LogP contribution in [0.4, 0.5) is 4.39 Å². The Labute approximate surface area is 127 Å². The molecule has 2 N–H and O–H groups in total. The van der Waals surface area contributed by atoms with Crippen LogP contribution in [0.5, 0.6) is 0 Å². The van der Waals surface area contributed by atoms with Crippen molar-refractivity contribution in [3.63, 3.8) is 0 Å². The normalized spacial score (nSPS) is 22.4. The SMILES string of the molecule is NC(c1cc2ccc(F)cc2s1)C1CC1c1ccccc1. The minimum Gasteiger partial charge on any atom is -0.323 e. The van der Waals surface area contributed by atoms with Crippen molar-refractivity contribution in [1.29, 1.82) is 0 Å². The van der Waals surface area contributed by atoms with Crippen molar-refractivity contribution in [2.75, 3.05) is 0 Å². The van der Waals surface area contributed by atoms with E-state index in [9.17, 15) is 4.39 Å². The summed E-state index contributed by atoms with van der Waals surface area (Å²) in [5.41, 5.74) is 7.83. The Bertz CT molecular complexity index is 780. The fourth-order valence-corrected chi connectivity index (χ4v) is 4.26.